The van der Waals surface area contributed by atoms with Gasteiger partial charge in [-0.1, -0.05) is 6.42 Å². The first-order chi connectivity index (χ1) is 13.0. The van der Waals surface area contributed by atoms with Crippen LogP contribution in [0.1, 0.15) is 38.5 Å². The van der Waals surface area contributed by atoms with Crippen molar-refractivity contribution < 1.29 is 18.1 Å². The number of ether oxygens (including phenoxy) is 1. The molecule has 0 atom stereocenters. The summed E-state index contributed by atoms with van der Waals surface area (Å²) in [7, 11) is -3.69. The van der Waals surface area contributed by atoms with Gasteiger partial charge >= 0.3 is 0 Å². The highest BCUT2D eigenvalue weighted by molar-refractivity contribution is 7.89. The number of nitrogens with zero attached hydrogens (tertiary/aromatic N) is 2. The Labute approximate surface area is 160 Å². The van der Waals surface area contributed by atoms with Crippen LogP contribution in [-0.4, -0.2) is 50.5 Å². The highest BCUT2D eigenvalue weighted by Gasteiger charge is 2.28. The molecule has 1 N–H and O–H groups in total. The van der Waals surface area contributed by atoms with Crippen molar-refractivity contribution in [1.82, 2.24) is 4.31 Å². The highest BCUT2D eigenvalue weighted by Crippen LogP contribution is 2.30. The summed E-state index contributed by atoms with van der Waals surface area (Å²) in [5.41, 5.74) is 0.117. The van der Waals surface area contributed by atoms with Gasteiger partial charge in [-0.15, -0.1) is 0 Å². The molecule has 0 spiro atoms. The second kappa shape index (κ2) is 8.99. The van der Waals surface area contributed by atoms with Crippen LogP contribution < -0.4 is 5.32 Å². The number of nitro benzene ring substituents is 1. The topological polar surface area (TPSA) is 102 Å². The third-order valence-electron chi connectivity index (χ3n) is 4.95. The maximum Gasteiger partial charge on any atom is 0.293 e. The van der Waals surface area contributed by atoms with E-state index < -0.39 is 14.9 Å². The van der Waals surface area contributed by atoms with E-state index in [0.29, 0.717) is 37.8 Å². The normalized spacial score (nSPS) is 18.4. The number of hydrogen-bond donors (Lipinski definition) is 1. The zero-order valence-corrected chi connectivity index (χ0v) is 16.2. The van der Waals surface area contributed by atoms with Crippen LogP contribution in [0.2, 0.25) is 0 Å². The van der Waals surface area contributed by atoms with E-state index in [-0.39, 0.29) is 10.6 Å². The Kier molecular flexibility index (Phi) is 6.67. The second-order valence-corrected chi connectivity index (χ2v) is 9.14. The van der Waals surface area contributed by atoms with Gasteiger partial charge in [0.2, 0.25) is 10.0 Å². The van der Waals surface area contributed by atoms with Crippen molar-refractivity contribution in [2.45, 2.75) is 43.4 Å². The molecule has 0 radical (unpaired) electrons. The number of nitro groups is 1. The molecule has 1 saturated carbocycles. The molecular weight excluding hydrogens is 370 g/mol. The Bertz CT molecular complexity index is 758. The lowest BCUT2D eigenvalue weighted by Crippen LogP contribution is -2.35. The van der Waals surface area contributed by atoms with Gasteiger partial charge in [-0.25, -0.2) is 8.42 Å². The van der Waals surface area contributed by atoms with E-state index in [4.69, 9.17) is 4.74 Å². The maximum absolute atomic E-state index is 12.7. The molecule has 150 valence electrons. The van der Waals surface area contributed by atoms with Gasteiger partial charge in [-0.3, -0.25) is 10.1 Å². The standard InChI is InChI=1S/C18H27N3O5S/c22-21(23)18-13-16(27(24,25)20-10-2-1-3-11-20)7-8-17(18)19-9-4-12-26-14-15-5-6-15/h7-8,13,15,19H,1-6,9-12,14H2. The first kappa shape index (κ1) is 20.0. The van der Waals surface area contributed by atoms with E-state index >= 15 is 0 Å². The van der Waals surface area contributed by atoms with Crippen LogP contribution in [-0.2, 0) is 14.8 Å². The third kappa shape index (κ3) is 5.40. The summed E-state index contributed by atoms with van der Waals surface area (Å²) in [5.74, 6) is 0.716. The van der Waals surface area contributed by atoms with E-state index in [1.165, 1.54) is 29.3 Å². The molecule has 1 aliphatic carbocycles. The fraction of sp³-hybridized carbons (Fsp3) is 0.667. The number of nitrogens with one attached hydrogen (secondary N) is 1. The molecule has 1 saturated heterocycles. The van der Waals surface area contributed by atoms with E-state index in [1.807, 2.05) is 0 Å². The number of sulfonamides is 1. The summed E-state index contributed by atoms with van der Waals surface area (Å²) in [6.45, 7) is 2.87. The summed E-state index contributed by atoms with van der Waals surface area (Å²) in [6, 6.07) is 4.10. The number of rotatable bonds is 10. The lowest BCUT2D eigenvalue weighted by molar-refractivity contribution is -0.384. The molecule has 2 fully saturated rings. The zero-order chi connectivity index (χ0) is 19.3. The summed E-state index contributed by atoms with van der Waals surface area (Å²) in [5, 5.41) is 14.5. The molecular formula is C18H27N3O5S. The van der Waals surface area contributed by atoms with Crippen LogP contribution in [0.5, 0.6) is 0 Å². The lowest BCUT2D eigenvalue weighted by Gasteiger charge is -2.25. The molecule has 9 heteroatoms. The van der Waals surface area contributed by atoms with Gasteiger partial charge in [0.15, 0.2) is 0 Å². The van der Waals surface area contributed by atoms with Crippen LogP contribution >= 0.6 is 0 Å². The van der Waals surface area contributed by atoms with E-state index in [9.17, 15) is 18.5 Å². The van der Waals surface area contributed by atoms with Crippen molar-refractivity contribution in [3.63, 3.8) is 0 Å². The predicted molar refractivity (Wildman–Crippen MR) is 102 cm³/mol. The minimum atomic E-state index is -3.69. The Hall–Kier alpha value is -1.71. The second-order valence-electron chi connectivity index (χ2n) is 7.20. The van der Waals surface area contributed by atoms with E-state index in [0.717, 1.165) is 38.4 Å². The Morgan fingerprint density at radius 1 is 1.22 bits per heavy atom. The van der Waals surface area contributed by atoms with Gasteiger partial charge in [0, 0.05) is 38.9 Å². The SMILES string of the molecule is O=[N+]([O-])c1cc(S(=O)(=O)N2CCCCC2)ccc1NCCCOCC1CC1. The van der Waals surface area contributed by atoms with E-state index in [1.54, 1.807) is 0 Å². The van der Waals surface area contributed by atoms with Crippen molar-refractivity contribution in [1.29, 1.82) is 0 Å². The molecule has 8 nitrogen and oxygen atoms in total. The predicted octanol–water partition coefficient (Wildman–Crippen LogP) is 3.00. The van der Waals surface area contributed by atoms with E-state index in [2.05, 4.69) is 5.32 Å². The maximum atomic E-state index is 12.7. The number of hydrogen-bond acceptors (Lipinski definition) is 6. The smallest absolute Gasteiger partial charge is 0.293 e. The summed E-state index contributed by atoms with van der Waals surface area (Å²) < 4.78 is 32.4. The van der Waals surface area contributed by atoms with Gasteiger partial charge in [-0.05, 0) is 50.2 Å². The minimum absolute atomic E-state index is 0.0191. The summed E-state index contributed by atoms with van der Waals surface area (Å²) in [4.78, 5) is 10.9. The molecule has 3 rings (SSSR count). The zero-order valence-electron chi connectivity index (χ0n) is 15.4. The molecule has 0 unspecified atom stereocenters. The van der Waals surface area contributed by atoms with Gasteiger partial charge < -0.3 is 10.1 Å². The van der Waals surface area contributed by atoms with Crippen molar-refractivity contribution in [2.75, 3.05) is 38.2 Å². The minimum Gasteiger partial charge on any atom is -0.381 e. The van der Waals surface area contributed by atoms with Gasteiger partial charge in [-0.2, -0.15) is 4.31 Å². The third-order valence-corrected chi connectivity index (χ3v) is 6.84. The number of benzene rings is 1. The molecule has 1 aromatic carbocycles. The van der Waals surface area contributed by atoms with Crippen molar-refractivity contribution in [2.24, 2.45) is 5.92 Å². The molecule has 0 amide bonds. The van der Waals surface area contributed by atoms with Crippen molar-refractivity contribution in [3.8, 4) is 0 Å². The molecule has 1 aromatic rings. The average molecular weight is 397 g/mol. The Balaban J connectivity index is 1.62. The molecule has 0 bridgehead atoms. The summed E-state index contributed by atoms with van der Waals surface area (Å²) >= 11 is 0. The Morgan fingerprint density at radius 3 is 2.63 bits per heavy atom. The molecule has 2 aliphatic rings. The van der Waals surface area contributed by atoms with Crippen LogP contribution in [0.4, 0.5) is 11.4 Å². The summed E-state index contributed by atoms with van der Waals surface area (Å²) in [6.07, 6.45) is 5.89. The fourth-order valence-electron chi connectivity index (χ4n) is 3.16. The highest BCUT2D eigenvalue weighted by atomic mass is 32.2. The molecule has 1 aliphatic heterocycles. The van der Waals surface area contributed by atoms with Crippen LogP contribution in [0.15, 0.2) is 23.1 Å². The average Bonchev–Trinajstić information content (AvgIpc) is 3.49. The number of piperidine rings is 1. The number of anilines is 1. The van der Waals surface area contributed by atoms with Gasteiger partial charge in [0.1, 0.15) is 5.69 Å². The van der Waals surface area contributed by atoms with Crippen LogP contribution in [0, 0.1) is 16.0 Å². The van der Waals surface area contributed by atoms with Crippen LogP contribution in [0.3, 0.4) is 0 Å². The van der Waals surface area contributed by atoms with Crippen LogP contribution in [0.25, 0.3) is 0 Å². The van der Waals surface area contributed by atoms with Gasteiger partial charge in [0.25, 0.3) is 5.69 Å². The fourth-order valence-corrected chi connectivity index (χ4v) is 4.70. The first-order valence-electron chi connectivity index (χ1n) is 9.58. The molecule has 27 heavy (non-hydrogen) atoms. The van der Waals surface area contributed by atoms with Crippen molar-refractivity contribution >= 4 is 21.4 Å². The van der Waals surface area contributed by atoms with Crippen molar-refractivity contribution in [3.05, 3.63) is 28.3 Å². The largest absolute Gasteiger partial charge is 0.381 e. The molecule has 0 aromatic heterocycles. The Morgan fingerprint density at radius 2 is 1.96 bits per heavy atom. The van der Waals surface area contributed by atoms with Gasteiger partial charge in [0.05, 0.1) is 9.82 Å². The quantitative estimate of drug-likeness (QED) is 0.370. The lowest BCUT2D eigenvalue weighted by atomic mass is 10.2. The molecule has 1 heterocycles. The first-order valence-corrected chi connectivity index (χ1v) is 11.0. The monoisotopic (exact) mass is 397 g/mol.